The predicted octanol–water partition coefficient (Wildman–Crippen LogP) is 6.55. The second-order valence-corrected chi connectivity index (χ2v) is 9.97. The van der Waals surface area contributed by atoms with Gasteiger partial charge in [0.15, 0.2) is 6.54 Å². The van der Waals surface area contributed by atoms with Gasteiger partial charge in [-0.05, 0) is 12.8 Å². The van der Waals surface area contributed by atoms with E-state index in [-0.39, 0.29) is 6.54 Å². The summed E-state index contributed by atoms with van der Waals surface area (Å²) in [7, 11) is 3.81. The molecule has 0 heterocycles. The fourth-order valence-electron chi connectivity index (χ4n) is 4.62. The first kappa shape index (κ1) is 28.4. The van der Waals surface area contributed by atoms with Gasteiger partial charge in [-0.3, -0.25) is 0 Å². The number of carboxylic acids is 1. The van der Waals surface area contributed by atoms with Crippen molar-refractivity contribution in [1.82, 2.24) is 0 Å². The Morgan fingerprint density at radius 1 is 0.690 bits per heavy atom. The molecule has 0 aliphatic rings. The Bertz CT molecular complexity index is 398. The van der Waals surface area contributed by atoms with Gasteiger partial charge in [0.05, 0.1) is 14.1 Å². The predicted molar refractivity (Wildman–Crippen MR) is 124 cm³/mol. The maximum Gasteiger partial charge on any atom is 0.359 e. The van der Waals surface area contributed by atoms with Crippen LogP contribution in [0.1, 0.15) is 123 Å². The highest BCUT2D eigenvalue weighted by Gasteiger charge is 2.35. The Balaban J connectivity index is 3.77. The molecule has 2 N–H and O–H groups in total. The van der Waals surface area contributed by atoms with E-state index in [2.05, 4.69) is 13.8 Å². The van der Waals surface area contributed by atoms with Gasteiger partial charge >= 0.3 is 5.97 Å². The summed E-state index contributed by atoms with van der Waals surface area (Å²) >= 11 is 0. The van der Waals surface area contributed by atoms with Crippen LogP contribution >= 0.6 is 0 Å². The summed E-state index contributed by atoms with van der Waals surface area (Å²) in [5, 5.41) is 20.1. The number of aliphatic carboxylic acids is 1. The zero-order chi connectivity index (χ0) is 22.0. The van der Waals surface area contributed by atoms with Gasteiger partial charge in [-0.2, -0.15) is 0 Å². The van der Waals surface area contributed by atoms with Crippen molar-refractivity contribution < 1.29 is 19.5 Å². The lowest BCUT2D eigenvalue weighted by Crippen LogP contribution is -2.53. The Hall–Kier alpha value is -0.610. The number of aliphatic hydroxyl groups is 1. The van der Waals surface area contributed by atoms with Crippen molar-refractivity contribution in [3.05, 3.63) is 0 Å². The standard InChI is InChI=1S/C25H51NO3/c1-5-7-8-9-10-11-12-13-14-15-16-17-18-19-21-25(29,20-6-2)23-26(3,4)22-24(27)28/h29H,5-23H2,1-4H3/p+1. The molecule has 0 radical (unpaired) electrons. The van der Waals surface area contributed by atoms with Crippen molar-refractivity contribution in [1.29, 1.82) is 0 Å². The van der Waals surface area contributed by atoms with E-state index in [4.69, 9.17) is 5.11 Å². The molecular formula is C25H52NO3+. The molecule has 29 heavy (non-hydrogen) atoms. The van der Waals surface area contributed by atoms with Crippen LogP contribution in [0.15, 0.2) is 0 Å². The summed E-state index contributed by atoms with van der Waals surface area (Å²) in [5.41, 5.74) is -0.731. The summed E-state index contributed by atoms with van der Waals surface area (Å²) in [6, 6.07) is 0. The molecule has 0 amide bonds. The van der Waals surface area contributed by atoms with Gasteiger partial charge in [0.25, 0.3) is 0 Å². The molecule has 0 saturated heterocycles. The molecule has 0 aliphatic carbocycles. The third-order valence-electron chi connectivity index (χ3n) is 6.00. The van der Waals surface area contributed by atoms with Gasteiger partial charge < -0.3 is 14.7 Å². The first-order chi connectivity index (χ1) is 13.7. The number of hydrogen-bond donors (Lipinski definition) is 2. The van der Waals surface area contributed by atoms with Gasteiger partial charge in [-0.25, -0.2) is 4.79 Å². The normalized spacial score (nSPS) is 14.1. The molecule has 0 aromatic heterocycles. The number of carboxylic acid groups (broad SMARTS) is 1. The minimum absolute atomic E-state index is 0.0603. The zero-order valence-corrected chi connectivity index (χ0v) is 20.2. The lowest BCUT2D eigenvalue weighted by Gasteiger charge is -2.37. The molecule has 1 atom stereocenters. The number of likely N-dealkylation sites (N-methyl/N-ethyl adjacent to an activating group) is 1. The first-order valence-electron chi connectivity index (χ1n) is 12.5. The van der Waals surface area contributed by atoms with E-state index < -0.39 is 11.6 Å². The van der Waals surface area contributed by atoms with Crippen LogP contribution < -0.4 is 0 Å². The maximum atomic E-state index is 11.1. The SMILES string of the molecule is CCCCCCCCCCCCCCCCC(O)(CCC)C[N+](C)(C)CC(=O)O. The smallest absolute Gasteiger partial charge is 0.359 e. The van der Waals surface area contributed by atoms with Crippen molar-refractivity contribution in [2.75, 3.05) is 27.2 Å². The number of unbranched alkanes of at least 4 members (excludes halogenated alkanes) is 13. The third kappa shape index (κ3) is 17.9. The average molecular weight is 415 g/mol. The molecule has 0 rings (SSSR count). The molecule has 0 aromatic rings. The zero-order valence-electron chi connectivity index (χ0n) is 20.2. The molecule has 0 bridgehead atoms. The Morgan fingerprint density at radius 3 is 1.48 bits per heavy atom. The third-order valence-corrected chi connectivity index (χ3v) is 6.00. The molecule has 0 spiro atoms. The van der Waals surface area contributed by atoms with E-state index in [1.165, 1.54) is 83.5 Å². The summed E-state index contributed by atoms with van der Waals surface area (Å²) in [6.45, 7) is 4.94. The Kier molecular flexibility index (Phi) is 16.7. The van der Waals surface area contributed by atoms with E-state index in [1.807, 2.05) is 14.1 Å². The molecule has 1 unspecified atom stereocenters. The molecule has 0 saturated carbocycles. The summed E-state index contributed by atoms with van der Waals surface area (Å²) < 4.78 is 0.338. The van der Waals surface area contributed by atoms with Crippen LogP contribution in [0.3, 0.4) is 0 Å². The highest BCUT2D eigenvalue weighted by molar-refractivity contribution is 5.67. The quantitative estimate of drug-likeness (QED) is 0.165. The number of nitrogens with zero attached hydrogens (tertiary/aromatic N) is 1. The summed E-state index contributed by atoms with van der Waals surface area (Å²) in [6.07, 6.45) is 21.2. The fourth-order valence-corrected chi connectivity index (χ4v) is 4.62. The highest BCUT2D eigenvalue weighted by Crippen LogP contribution is 2.25. The molecule has 4 heteroatoms. The van der Waals surface area contributed by atoms with Gasteiger partial charge in [-0.15, -0.1) is 0 Å². The van der Waals surface area contributed by atoms with Crippen molar-refractivity contribution in [3.63, 3.8) is 0 Å². The topological polar surface area (TPSA) is 57.5 Å². The highest BCUT2D eigenvalue weighted by atomic mass is 16.4. The monoisotopic (exact) mass is 414 g/mol. The number of hydrogen-bond acceptors (Lipinski definition) is 2. The van der Waals surface area contributed by atoms with Crippen LogP contribution in [0.4, 0.5) is 0 Å². The van der Waals surface area contributed by atoms with Crippen molar-refractivity contribution in [3.8, 4) is 0 Å². The number of quaternary nitrogens is 1. The van der Waals surface area contributed by atoms with E-state index >= 15 is 0 Å². The Labute approximate surface area is 181 Å². The van der Waals surface area contributed by atoms with Crippen molar-refractivity contribution in [2.45, 2.75) is 129 Å². The lowest BCUT2D eigenvalue weighted by molar-refractivity contribution is -0.889. The van der Waals surface area contributed by atoms with Gasteiger partial charge in [0, 0.05) is 0 Å². The molecule has 0 aromatic carbocycles. The first-order valence-corrected chi connectivity index (χ1v) is 12.5. The second kappa shape index (κ2) is 17.1. The van der Waals surface area contributed by atoms with Crippen LogP contribution in [0.5, 0.6) is 0 Å². The summed E-state index contributed by atoms with van der Waals surface area (Å²) in [4.78, 5) is 11.1. The van der Waals surface area contributed by atoms with E-state index in [1.54, 1.807) is 0 Å². The Morgan fingerprint density at radius 2 is 1.10 bits per heavy atom. The minimum Gasteiger partial charge on any atom is -0.477 e. The van der Waals surface area contributed by atoms with Gasteiger partial charge in [0.1, 0.15) is 12.1 Å². The van der Waals surface area contributed by atoms with Crippen LogP contribution in [0.25, 0.3) is 0 Å². The number of rotatable bonds is 21. The van der Waals surface area contributed by atoms with Crippen molar-refractivity contribution in [2.24, 2.45) is 0 Å². The van der Waals surface area contributed by atoms with E-state index in [9.17, 15) is 9.90 Å². The molecule has 174 valence electrons. The molecule has 0 fully saturated rings. The number of carbonyl (C=O) groups is 1. The minimum atomic E-state index is -0.801. The second-order valence-electron chi connectivity index (χ2n) is 9.97. The van der Waals surface area contributed by atoms with E-state index in [0.29, 0.717) is 11.0 Å². The maximum absolute atomic E-state index is 11.1. The van der Waals surface area contributed by atoms with E-state index in [0.717, 1.165) is 25.7 Å². The summed E-state index contributed by atoms with van der Waals surface area (Å²) in [5.74, 6) is -0.801. The van der Waals surface area contributed by atoms with Gasteiger partial charge in [0.2, 0.25) is 0 Å². The van der Waals surface area contributed by atoms with Crippen LogP contribution in [0.2, 0.25) is 0 Å². The largest absolute Gasteiger partial charge is 0.477 e. The average Bonchev–Trinajstić information content (AvgIpc) is 2.60. The van der Waals surface area contributed by atoms with Crippen LogP contribution in [-0.4, -0.2) is 53.5 Å². The van der Waals surface area contributed by atoms with Crippen LogP contribution in [-0.2, 0) is 4.79 Å². The van der Waals surface area contributed by atoms with Crippen LogP contribution in [0, 0.1) is 0 Å². The fraction of sp³-hybridized carbons (Fsp3) is 0.960. The molecule has 4 nitrogen and oxygen atoms in total. The molecular weight excluding hydrogens is 362 g/mol. The lowest BCUT2D eigenvalue weighted by atomic mass is 9.89. The van der Waals surface area contributed by atoms with Crippen molar-refractivity contribution >= 4 is 5.97 Å². The molecule has 0 aliphatic heterocycles. The van der Waals surface area contributed by atoms with Gasteiger partial charge in [-0.1, -0.05) is 110 Å².